The van der Waals surface area contributed by atoms with Crippen molar-refractivity contribution < 1.29 is 14.3 Å². The van der Waals surface area contributed by atoms with Crippen LogP contribution >= 0.6 is 27.7 Å². The standard InChI is InChI=1S/C22H26BrNO3S/c1-16(2)22(21(25)24(3)18-9-5-7-11-20(18)28-22)17-8-4-6-10-19(17)27-15-14-26-13-12-23/h4-11,16H,12-15H2,1-3H3. The van der Waals surface area contributed by atoms with Gasteiger partial charge in [0.1, 0.15) is 17.1 Å². The highest BCUT2D eigenvalue weighted by atomic mass is 79.9. The SMILES string of the molecule is CC(C)C1(c2ccccc2OCCOCCBr)Sc2ccccc2N(C)C1=O. The maximum absolute atomic E-state index is 13.6. The number of anilines is 1. The third-order valence-electron chi connectivity index (χ3n) is 4.93. The average molecular weight is 464 g/mol. The molecule has 1 unspecified atom stereocenters. The Morgan fingerprint density at radius 2 is 1.79 bits per heavy atom. The number of ether oxygens (including phenoxy) is 2. The zero-order valence-electron chi connectivity index (χ0n) is 16.5. The second kappa shape index (κ2) is 9.33. The Balaban J connectivity index is 1.98. The molecule has 0 fully saturated rings. The topological polar surface area (TPSA) is 38.8 Å². The zero-order valence-corrected chi connectivity index (χ0v) is 18.9. The Labute approximate surface area is 179 Å². The summed E-state index contributed by atoms with van der Waals surface area (Å²) in [5.74, 6) is 0.903. The first-order valence-corrected chi connectivity index (χ1v) is 11.4. The Hall–Kier alpha value is -1.50. The summed E-state index contributed by atoms with van der Waals surface area (Å²) < 4.78 is 10.8. The fraction of sp³-hybridized carbons (Fsp3) is 0.409. The molecule has 0 bridgehead atoms. The van der Waals surface area contributed by atoms with E-state index in [2.05, 4.69) is 35.8 Å². The lowest BCUT2D eigenvalue weighted by atomic mass is 9.85. The predicted molar refractivity (Wildman–Crippen MR) is 119 cm³/mol. The number of benzene rings is 2. The van der Waals surface area contributed by atoms with Gasteiger partial charge in [0.25, 0.3) is 0 Å². The van der Waals surface area contributed by atoms with Crippen LogP contribution in [0.2, 0.25) is 0 Å². The first-order chi connectivity index (χ1) is 13.5. The lowest BCUT2D eigenvalue weighted by Crippen LogP contribution is -2.49. The van der Waals surface area contributed by atoms with Crippen LogP contribution in [0.25, 0.3) is 0 Å². The minimum atomic E-state index is -0.740. The predicted octanol–water partition coefficient (Wildman–Crippen LogP) is 5.10. The molecule has 0 radical (unpaired) electrons. The number of amides is 1. The highest BCUT2D eigenvalue weighted by Gasteiger charge is 2.51. The van der Waals surface area contributed by atoms with E-state index in [1.165, 1.54) is 0 Å². The molecule has 1 heterocycles. The van der Waals surface area contributed by atoms with Crippen LogP contribution in [0.1, 0.15) is 19.4 Å². The van der Waals surface area contributed by atoms with E-state index in [9.17, 15) is 4.79 Å². The van der Waals surface area contributed by atoms with Gasteiger partial charge in [-0.15, -0.1) is 11.8 Å². The summed E-state index contributed by atoms with van der Waals surface area (Å²) in [6.07, 6.45) is 0. The van der Waals surface area contributed by atoms with Crippen LogP contribution < -0.4 is 9.64 Å². The van der Waals surface area contributed by atoms with Crippen LogP contribution in [-0.4, -0.2) is 38.1 Å². The van der Waals surface area contributed by atoms with Crippen LogP contribution in [0.3, 0.4) is 0 Å². The molecule has 0 spiro atoms. The molecule has 150 valence electrons. The molecule has 1 aliphatic rings. The number of fused-ring (bicyclic) bond motifs is 1. The van der Waals surface area contributed by atoms with Gasteiger partial charge in [0.15, 0.2) is 0 Å². The summed E-state index contributed by atoms with van der Waals surface area (Å²) in [4.78, 5) is 16.5. The zero-order chi connectivity index (χ0) is 20.1. The van der Waals surface area contributed by atoms with E-state index in [4.69, 9.17) is 9.47 Å². The number of carbonyl (C=O) groups is 1. The fourth-order valence-electron chi connectivity index (χ4n) is 3.51. The average Bonchev–Trinajstić information content (AvgIpc) is 2.71. The lowest BCUT2D eigenvalue weighted by Gasteiger charge is -2.43. The third-order valence-corrected chi connectivity index (χ3v) is 7.00. The van der Waals surface area contributed by atoms with E-state index >= 15 is 0 Å². The number of hydrogen-bond acceptors (Lipinski definition) is 4. The maximum Gasteiger partial charge on any atom is 0.248 e. The van der Waals surface area contributed by atoms with Crippen LogP contribution in [0.4, 0.5) is 5.69 Å². The molecule has 1 atom stereocenters. The van der Waals surface area contributed by atoms with Crippen LogP contribution in [0.15, 0.2) is 53.4 Å². The number of carbonyl (C=O) groups excluding carboxylic acids is 1. The van der Waals surface area contributed by atoms with Crippen molar-refractivity contribution in [3.63, 3.8) is 0 Å². The second-order valence-corrected chi connectivity index (χ2v) is 9.05. The molecule has 4 nitrogen and oxygen atoms in total. The highest BCUT2D eigenvalue weighted by molar-refractivity contribution is 9.09. The van der Waals surface area contributed by atoms with Crippen molar-refractivity contribution in [2.75, 3.05) is 37.1 Å². The number of para-hydroxylation sites is 2. The maximum atomic E-state index is 13.6. The van der Waals surface area contributed by atoms with Crippen molar-refractivity contribution in [1.29, 1.82) is 0 Å². The van der Waals surface area contributed by atoms with Crippen molar-refractivity contribution in [1.82, 2.24) is 0 Å². The Bertz CT molecular complexity index is 829. The molecule has 0 aromatic heterocycles. The molecule has 0 saturated carbocycles. The molecule has 6 heteroatoms. The van der Waals surface area contributed by atoms with Gasteiger partial charge in [-0.3, -0.25) is 4.79 Å². The van der Waals surface area contributed by atoms with Crippen molar-refractivity contribution in [2.45, 2.75) is 23.5 Å². The van der Waals surface area contributed by atoms with Crippen LogP contribution in [0.5, 0.6) is 5.75 Å². The lowest BCUT2D eigenvalue weighted by molar-refractivity contribution is -0.122. The summed E-state index contributed by atoms with van der Waals surface area (Å²) >= 11 is 4.98. The molecule has 28 heavy (non-hydrogen) atoms. The van der Waals surface area contributed by atoms with E-state index in [1.807, 2.05) is 49.5 Å². The summed E-state index contributed by atoms with van der Waals surface area (Å²) in [5.41, 5.74) is 1.87. The number of thioether (sulfide) groups is 1. The van der Waals surface area contributed by atoms with Gasteiger partial charge in [-0.25, -0.2) is 0 Å². The Morgan fingerprint density at radius 3 is 2.54 bits per heavy atom. The van der Waals surface area contributed by atoms with Gasteiger partial charge < -0.3 is 14.4 Å². The molecule has 2 aromatic carbocycles. The van der Waals surface area contributed by atoms with Gasteiger partial charge in [-0.2, -0.15) is 0 Å². The van der Waals surface area contributed by atoms with Gasteiger partial charge >= 0.3 is 0 Å². The van der Waals surface area contributed by atoms with Crippen molar-refractivity contribution >= 4 is 39.3 Å². The highest BCUT2D eigenvalue weighted by Crippen LogP contribution is 2.56. The molecular formula is C22H26BrNO3S. The van der Waals surface area contributed by atoms with Crippen molar-refractivity contribution in [2.24, 2.45) is 5.92 Å². The monoisotopic (exact) mass is 463 g/mol. The smallest absolute Gasteiger partial charge is 0.248 e. The van der Waals surface area contributed by atoms with Crippen LogP contribution in [-0.2, 0) is 14.3 Å². The number of likely N-dealkylation sites (N-methyl/N-ethyl adjacent to an activating group) is 1. The summed E-state index contributed by atoms with van der Waals surface area (Å²) in [6.45, 7) is 5.81. The minimum absolute atomic E-state index is 0.0789. The fourth-order valence-corrected chi connectivity index (χ4v) is 5.28. The van der Waals surface area contributed by atoms with Gasteiger partial charge in [0, 0.05) is 22.8 Å². The van der Waals surface area contributed by atoms with Gasteiger partial charge in [-0.1, -0.05) is 60.1 Å². The first kappa shape index (κ1) is 21.2. The van der Waals surface area contributed by atoms with Gasteiger partial charge in [0.05, 0.1) is 18.9 Å². The number of alkyl halides is 1. The van der Waals surface area contributed by atoms with E-state index < -0.39 is 4.75 Å². The summed E-state index contributed by atoms with van der Waals surface area (Å²) in [5, 5.41) is 0.803. The number of halogens is 1. The van der Waals surface area contributed by atoms with Crippen molar-refractivity contribution in [3.05, 3.63) is 54.1 Å². The molecule has 0 N–H and O–H groups in total. The van der Waals surface area contributed by atoms with E-state index in [1.54, 1.807) is 16.7 Å². The molecular weight excluding hydrogens is 438 g/mol. The van der Waals surface area contributed by atoms with E-state index in [0.717, 1.165) is 27.2 Å². The van der Waals surface area contributed by atoms with Crippen LogP contribution in [0, 0.1) is 5.92 Å². The number of hydrogen-bond donors (Lipinski definition) is 0. The summed E-state index contributed by atoms with van der Waals surface area (Å²) in [6, 6.07) is 15.9. The Morgan fingerprint density at radius 1 is 1.07 bits per heavy atom. The third kappa shape index (κ3) is 3.95. The van der Waals surface area contributed by atoms with Gasteiger partial charge in [-0.05, 0) is 24.1 Å². The molecule has 3 rings (SSSR count). The molecule has 2 aromatic rings. The Kier molecular flexibility index (Phi) is 7.07. The minimum Gasteiger partial charge on any atom is -0.491 e. The second-order valence-electron chi connectivity index (χ2n) is 6.97. The van der Waals surface area contributed by atoms with E-state index in [-0.39, 0.29) is 11.8 Å². The molecule has 0 aliphatic carbocycles. The van der Waals surface area contributed by atoms with Gasteiger partial charge in [0.2, 0.25) is 5.91 Å². The normalized spacial score (nSPS) is 19.0. The largest absolute Gasteiger partial charge is 0.491 e. The number of rotatable bonds is 8. The molecule has 1 amide bonds. The van der Waals surface area contributed by atoms with E-state index in [0.29, 0.717) is 19.8 Å². The summed E-state index contributed by atoms with van der Waals surface area (Å²) in [7, 11) is 1.86. The quantitative estimate of drug-likeness (QED) is 0.403. The molecule has 1 aliphatic heterocycles. The number of nitrogens with zero attached hydrogens (tertiary/aromatic N) is 1. The molecule has 0 saturated heterocycles. The van der Waals surface area contributed by atoms with Crippen molar-refractivity contribution in [3.8, 4) is 5.75 Å². The first-order valence-electron chi connectivity index (χ1n) is 9.44.